The first kappa shape index (κ1) is 31.2. The minimum atomic E-state index is -0.443. The first-order valence-electron chi connectivity index (χ1n) is 10.7. The Bertz CT molecular complexity index is 665. The van der Waals surface area contributed by atoms with Gasteiger partial charge in [-0.3, -0.25) is 9.59 Å². The number of hydrogen-bond acceptors (Lipinski definition) is 6. The van der Waals surface area contributed by atoms with Gasteiger partial charge in [0.25, 0.3) is 0 Å². The third-order valence-electron chi connectivity index (χ3n) is 3.91. The van der Waals surface area contributed by atoms with Crippen molar-refractivity contribution in [2.75, 3.05) is 32.0 Å². The SMILES string of the molecule is CC(C)C(C=O)NC(=O)CN.CCCNC(N)=O.CCc1ccc(NC(=O)CNC)cc1. The lowest BCUT2D eigenvalue weighted by molar-refractivity contribution is -0.123. The molecule has 0 aliphatic heterocycles. The molecular weight excluding hydrogens is 412 g/mol. The highest BCUT2D eigenvalue weighted by Gasteiger charge is 2.13. The fourth-order valence-electron chi connectivity index (χ4n) is 2.04. The molecule has 0 aliphatic rings. The van der Waals surface area contributed by atoms with Crippen LogP contribution in [0.2, 0.25) is 0 Å². The van der Waals surface area contributed by atoms with E-state index in [2.05, 4.69) is 28.2 Å². The second kappa shape index (κ2) is 20.0. The van der Waals surface area contributed by atoms with Crippen molar-refractivity contribution in [2.24, 2.45) is 17.4 Å². The average molecular weight is 453 g/mol. The van der Waals surface area contributed by atoms with Crippen molar-refractivity contribution in [3.05, 3.63) is 29.8 Å². The minimum Gasteiger partial charge on any atom is -0.352 e. The molecule has 10 heteroatoms. The Morgan fingerprint density at radius 3 is 2.00 bits per heavy atom. The standard InChI is InChI=1S/C11H16N2O.C7H14N2O2.C4H10N2O/c1-3-9-4-6-10(7-5-9)13-11(14)8-12-2;1-5(2)6(4-10)9-7(11)3-8;1-2-3-6-4(5)7/h4-7,12H,3,8H2,1-2H3,(H,13,14);4-6H,3,8H2,1-2H3,(H,9,11);2-3H2,1H3,(H3,5,6,7). The zero-order valence-corrected chi connectivity index (χ0v) is 19.9. The van der Waals surface area contributed by atoms with E-state index < -0.39 is 12.1 Å². The number of nitrogens with two attached hydrogens (primary N) is 2. The highest BCUT2D eigenvalue weighted by atomic mass is 16.2. The number of carbonyl (C=O) groups excluding carboxylic acids is 4. The third-order valence-corrected chi connectivity index (χ3v) is 3.91. The van der Waals surface area contributed by atoms with Gasteiger partial charge in [0.05, 0.1) is 19.1 Å². The van der Waals surface area contributed by atoms with Crippen LogP contribution in [-0.4, -0.2) is 56.9 Å². The molecule has 0 aliphatic carbocycles. The quantitative estimate of drug-likeness (QED) is 0.286. The van der Waals surface area contributed by atoms with Gasteiger partial charge in [0, 0.05) is 12.2 Å². The van der Waals surface area contributed by atoms with Gasteiger partial charge >= 0.3 is 6.03 Å². The van der Waals surface area contributed by atoms with Gasteiger partial charge in [-0.2, -0.15) is 0 Å². The summed E-state index contributed by atoms with van der Waals surface area (Å²) in [5.74, 6) is -0.199. The van der Waals surface area contributed by atoms with Gasteiger partial charge in [-0.05, 0) is 43.5 Å². The summed E-state index contributed by atoms with van der Waals surface area (Å²) in [7, 11) is 1.75. The summed E-state index contributed by atoms with van der Waals surface area (Å²) in [6.07, 6.45) is 2.67. The van der Waals surface area contributed by atoms with Gasteiger partial charge in [-0.25, -0.2) is 4.79 Å². The summed E-state index contributed by atoms with van der Waals surface area (Å²) in [6, 6.07) is 7.04. The van der Waals surface area contributed by atoms with Crippen molar-refractivity contribution in [3.63, 3.8) is 0 Å². The number of rotatable bonds is 10. The zero-order chi connectivity index (χ0) is 24.9. The van der Waals surface area contributed by atoms with Crippen molar-refractivity contribution in [3.8, 4) is 0 Å². The van der Waals surface area contributed by atoms with E-state index in [1.165, 1.54) is 5.56 Å². The molecule has 0 aromatic heterocycles. The molecule has 0 saturated carbocycles. The first-order valence-corrected chi connectivity index (χ1v) is 10.7. The van der Waals surface area contributed by atoms with E-state index in [0.717, 1.165) is 24.8 Å². The van der Waals surface area contributed by atoms with E-state index in [-0.39, 0.29) is 24.3 Å². The molecule has 1 rings (SSSR count). The van der Waals surface area contributed by atoms with Crippen molar-refractivity contribution in [1.82, 2.24) is 16.0 Å². The molecule has 1 aromatic rings. The fourth-order valence-corrected chi connectivity index (χ4v) is 2.04. The molecule has 0 bridgehead atoms. The van der Waals surface area contributed by atoms with Crippen LogP contribution < -0.4 is 32.7 Å². The number of nitrogens with one attached hydrogen (secondary N) is 4. The lowest BCUT2D eigenvalue weighted by Crippen LogP contribution is -2.42. The maximum absolute atomic E-state index is 11.2. The largest absolute Gasteiger partial charge is 0.352 e. The average Bonchev–Trinajstić information content (AvgIpc) is 2.77. The molecule has 4 amide bonds. The van der Waals surface area contributed by atoms with Crippen LogP contribution in [0.5, 0.6) is 0 Å². The van der Waals surface area contributed by atoms with Gasteiger partial charge in [-0.15, -0.1) is 0 Å². The highest BCUT2D eigenvalue weighted by Crippen LogP contribution is 2.09. The normalized spacial score (nSPS) is 10.5. The number of anilines is 1. The van der Waals surface area contributed by atoms with Crippen LogP contribution in [0.4, 0.5) is 10.5 Å². The van der Waals surface area contributed by atoms with Crippen LogP contribution in [0.1, 0.15) is 39.7 Å². The molecule has 0 saturated heterocycles. The molecule has 8 N–H and O–H groups in total. The number of carbonyl (C=O) groups is 4. The van der Waals surface area contributed by atoms with Gasteiger partial charge in [0.1, 0.15) is 6.29 Å². The minimum absolute atomic E-state index is 0.0169. The molecule has 0 fully saturated rings. The molecule has 1 unspecified atom stereocenters. The molecule has 0 spiro atoms. The predicted octanol–water partition coefficient (Wildman–Crippen LogP) is 0.756. The van der Waals surface area contributed by atoms with Crippen LogP contribution in [0.3, 0.4) is 0 Å². The van der Waals surface area contributed by atoms with Crippen molar-refractivity contribution in [1.29, 1.82) is 0 Å². The molecule has 0 heterocycles. The Morgan fingerprint density at radius 1 is 1.06 bits per heavy atom. The maximum atomic E-state index is 11.2. The topological polar surface area (TPSA) is 168 Å². The molecule has 182 valence electrons. The molecule has 32 heavy (non-hydrogen) atoms. The van der Waals surface area contributed by atoms with E-state index in [4.69, 9.17) is 11.5 Å². The van der Waals surface area contributed by atoms with Crippen molar-refractivity contribution in [2.45, 2.75) is 46.6 Å². The summed E-state index contributed by atoms with van der Waals surface area (Å²) in [5, 5.41) is 10.5. The van der Waals surface area contributed by atoms with E-state index in [0.29, 0.717) is 13.1 Å². The monoisotopic (exact) mass is 452 g/mol. The number of hydrogen-bond donors (Lipinski definition) is 6. The van der Waals surface area contributed by atoms with Crippen LogP contribution >= 0.6 is 0 Å². The highest BCUT2D eigenvalue weighted by molar-refractivity contribution is 5.92. The number of aldehydes is 1. The Kier molecular flexibility index (Phi) is 19.5. The Balaban J connectivity index is 0. The lowest BCUT2D eigenvalue weighted by atomic mass is 10.1. The van der Waals surface area contributed by atoms with Crippen LogP contribution in [-0.2, 0) is 20.8 Å². The van der Waals surface area contributed by atoms with Crippen LogP contribution in [0, 0.1) is 5.92 Å². The Labute approximate surface area is 191 Å². The van der Waals surface area contributed by atoms with Crippen LogP contribution in [0.25, 0.3) is 0 Å². The second-order valence-corrected chi connectivity index (χ2v) is 7.10. The van der Waals surface area contributed by atoms with E-state index in [9.17, 15) is 19.2 Å². The smallest absolute Gasteiger partial charge is 0.312 e. The summed E-state index contributed by atoms with van der Waals surface area (Å²) in [5.41, 5.74) is 11.9. The van der Waals surface area contributed by atoms with Gasteiger partial charge in [0.15, 0.2) is 0 Å². The molecule has 1 atom stereocenters. The predicted molar refractivity (Wildman–Crippen MR) is 128 cm³/mol. The zero-order valence-electron chi connectivity index (χ0n) is 19.9. The Morgan fingerprint density at radius 2 is 1.66 bits per heavy atom. The first-order chi connectivity index (χ1) is 15.1. The second-order valence-electron chi connectivity index (χ2n) is 7.10. The summed E-state index contributed by atoms with van der Waals surface area (Å²) in [4.78, 5) is 42.1. The van der Waals surface area contributed by atoms with E-state index in [1.807, 2.05) is 45.0 Å². The number of primary amides is 1. The lowest BCUT2D eigenvalue weighted by Gasteiger charge is -2.14. The third kappa shape index (κ3) is 17.8. The van der Waals surface area contributed by atoms with Crippen molar-refractivity contribution < 1.29 is 19.2 Å². The molecule has 0 radical (unpaired) electrons. The van der Waals surface area contributed by atoms with Crippen molar-refractivity contribution >= 4 is 29.8 Å². The molecule has 10 nitrogen and oxygen atoms in total. The number of urea groups is 1. The summed E-state index contributed by atoms with van der Waals surface area (Å²) in [6.45, 7) is 8.73. The Hall–Kier alpha value is -2.98. The summed E-state index contributed by atoms with van der Waals surface area (Å²) < 4.78 is 0. The number of aryl methyl sites for hydroxylation is 1. The van der Waals surface area contributed by atoms with Gasteiger partial charge < -0.3 is 37.5 Å². The number of amides is 4. The molecule has 1 aromatic carbocycles. The van der Waals surface area contributed by atoms with Gasteiger partial charge in [0.2, 0.25) is 11.8 Å². The molecular formula is C22H40N6O4. The summed E-state index contributed by atoms with van der Waals surface area (Å²) >= 11 is 0. The fraction of sp³-hybridized carbons (Fsp3) is 0.545. The van der Waals surface area contributed by atoms with E-state index >= 15 is 0 Å². The number of likely N-dealkylation sites (N-methyl/N-ethyl adjacent to an activating group) is 1. The maximum Gasteiger partial charge on any atom is 0.312 e. The van der Waals surface area contributed by atoms with Gasteiger partial charge in [-0.1, -0.05) is 39.8 Å². The van der Waals surface area contributed by atoms with Crippen LogP contribution in [0.15, 0.2) is 24.3 Å². The number of benzene rings is 1. The van der Waals surface area contributed by atoms with E-state index in [1.54, 1.807) is 7.05 Å².